The summed E-state index contributed by atoms with van der Waals surface area (Å²) in [4.78, 5) is 9.44. The molecular weight excluding hydrogens is 243 g/mol. The Morgan fingerprint density at radius 1 is 1.50 bits per heavy atom. The lowest BCUT2D eigenvalue weighted by Crippen LogP contribution is -2.16. The smallest absolute Gasteiger partial charge is 0.258 e. The van der Waals surface area contributed by atoms with Gasteiger partial charge in [-0.15, -0.1) is 0 Å². The zero-order valence-corrected chi connectivity index (χ0v) is 8.61. The van der Waals surface area contributed by atoms with Gasteiger partial charge in [0.25, 0.3) is 0 Å². The first-order chi connectivity index (χ1) is 7.31. The fourth-order valence-corrected chi connectivity index (χ4v) is 1.26. The molecule has 0 amide bonds. The third-order valence-electron chi connectivity index (χ3n) is 1.63. The standard InChI is InChI=1S/C7H7FN2O5S/c8-7-5(4-15-16(9,13)14)2-1-3-6(7)10(11)12/h1-3H,4H2,(H2,9,13,14). The second-order valence-corrected chi connectivity index (χ2v) is 3.98. The van der Waals surface area contributed by atoms with E-state index >= 15 is 0 Å². The fraction of sp³-hybridized carbons (Fsp3) is 0.143. The second-order valence-electron chi connectivity index (χ2n) is 2.76. The molecule has 0 saturated carbocycles. The summed E-state index contributed by atoms with van der Waals surface area (Å²) in [5.74, 6) is -1.14. The number of nitrogens with zero attached hydrogens (tertiary/aromatic N) is 1. The van der Waals surface area contributed by atoms with Gasteiger partial charge < -0.3 is 0 Å². The van der Waals surface area contributed by atoms with Gasteiger partial charge in [-0.2, -0.15) is 12.8 Å². The van der Waals surface area contributed by atoms with Crippen molar-refractivity contribution in [1.29, 1.82) is 0 Å². The number of rotatable bonds is 4. The van der Waals surface area contributed by atoms with E-state index in [1.54, 1.807) is 0 Å². The summed E-state index contributed by atoms with van der Waals surface area (Å²) in [6.07, 6.45) is 0. The van der Waals surface area contributed by atoms with Crippen LogP contribution in [0.5, 0.6) is 0 Å². The normalized spacial score (nSPS) is 11.4. The van der Waals surface area contributed by atoms with Crippen LogP contribution in [-0.2, 0) is 21.1 Å². The van der Waals surface area contributed by atoms with Crippen LogP contribution in [0.15, 0.2) is 18.2 Å². The van der Waals surface area contributed by atoms with Crippen LogP contribution in [0.2, 0.25) is 0 Å². The molecule has 0 heterocycles. The van der Waals surface area contributed by atoms with Gasteiger partial charge in [-0.1, -0.05) is 12.1 Å². The van der Waals surface area contributed by atoms with Crippen molar-refractivity contribution in [1.82, 2.24) is 0 Å². The monoisotopic (exact) mass is 250 g/mol. The Labute approximate surface area is 90.0 Å². The molecule has 0 unspecified atom stereocenters. The topological polar surface area (TPSA) is 113 Å². The highest BCUT2D eigenvalue weighted by Crippen LogP contribution is 2.20. The van der Waals surface area contributed by atoms with Crippen LogP contribution < -0.4 is 5.14 Å². The number of halogens is 1. The average Bonchev–Trinajstić information content (AvgIpc) is 2.14. The number of benzene rings is 1. The molecule has 0 aliphatic carbocycles. The van der Waals surface area contributed by atoms with Gasteiger partial charge in [0.05, 0.1) is 11.5 Å². The minimum Gasteiger partial charge on any atom is -0.258 e. The van der Waals surface area contributed by atoms with Crippen LogP contribution in [0.1, 0.15) is 5.56 Å². The lowest BCUT2D eigenvalue weighted by atomic mass is 10.2. The Morgan fingerprint density at radius 3 is 2.62 bits per heavy atom. The SMILES string of the molecule is NS(=O)(=O)OCc1cccc([N+](=O)[O-])c1F. The van der Waals surface area contributed by atoms with Crippen molar-refractivity contribution < 1.29 is 21.9 Å². The van der Waals surface area contributed by atoms with Crippen molar-refractivity contribution in [3.8, 4) is 0 Å². The molecule has 0 bridgehead atoms. The number of hydrogen-bond acceptors (Lipinski definition) is 5. The summed E-state index contributed by atoms with van der Waals surface area (Å²) in [7, 11) is -4.21. The van der Waals surface area contributed by atoms with Crippen molar-refractivity contribution in [3.63, 3.8) is 0 Å². The molecular formula is C7H7FN2O5S. The molecule has 0 radical (unpaired) electrons. The van der Waals surface area contributed by atoms with Crippen molar-refractivity contribution in [2.45, 2.75) is 6.61 Å². The third kappa shape index (κ3) is 3.22. The minimum absolute atomic E-state index is 0.261. The van der Waals surface area contributed by atoms with Crippen LogP contribution in [0, 0.1) is 15.9 Å². The summed E-state index contributed by atoms with van der Waals surface area (Å²) in [5, 5.41) is 14.9. The molecule has 2 N–H and O–H groups in total. The van der Waals surface area contributed by atoms with Gasteiger partial charge in [-0.05, 0) is 0 Å². The Bertz CT molecular complexity index is 516. The second kappa shape index (κ2) is 4.51. The molecule has 7 nitrogen and oxygen atoms in total. The fourth-order valence-electron chi connectivity index (χ4n) is 0.964. The molecule has 1 aromatic carbocycles. The molecule has 0 fully saturated rings. The molecule has 0 aromatic heterocycles. The molecule has 1 aromatic rings. The van der Waals surface area contributed by atoms with Crippen LogP contribution in [0.25, 0.3) is 0 Å². The van der Waals surface area contributed by atoms with Gasteiger partial charge in [0.1, 0.15) is 0 Å². The molecule has 0 aliphatic rings. The Hall–Kier alpha value is -1.58. The first-order valence-corrected chi connectivity index (χ1v) is 5.37. The lowest BCUT2D eigenvalue weighted by molar-refractivity contribution is -0.387. The van der Waals surface area contributed by atoms with E-state index in [1.807, 2.05) is 0 Å². The van der Waals surface area contributed by atoms with E-state index in [2.05, 4.69) is 9.32 Å². The highest BCUT2D eigenvalue weighted by atomic mass is 32.2. The van der Waals surface area contributed by atoms with E-state index in [1.165, 1.54) is 6.07 Å². The molecule has 0 spiro atoms. The first kappa shape index (κ1) is 12.5. The number of nitro benzene ring substituents is 1. The van der Waals surface area contributed by atoms with Crippen molar-refractivity contribution in [3.05, 3.63) is 39.7 Å². The van der Waals surface area contributed by atoms with Crippen molar-refractivity contribution in [2.75, 3.05) is 0 Å². The van der Waals surface area contributed by atoms with E-state index in [0.717, 1.165) is 12.1 Å². The van der Waals surface area contributed by atoms with Gasteiger partial charge in [-0.25, -0.2) is 5.14 Å². The van der Waals surface area contributed by atoms with Crippen LogP contribution >= 0.6 is 0 Å². The third-order valence-corrected chi connectivity index (χ3v) is 2.08. The predicted octanol–water partition coefficient (Wildman–Crippen LogP) is 0.454. The van der Waals surface area contributed by atoms with E-state index < -0.39 is 33.3 Å². The zero-order chi connectivity index (χ0) is 12.3. The molecule has 0 atom stereocenters. The van der Waals surface area contributed by atoms with Gasteiger partial charge in [0.15, 0.2) is 0 Å². The largest absolute Gasteiger partial charge is 0.333 e. The van der Waals surface area contributed by atoms with Gasteiger partial charge in [0.2, 0.25) is 5.82 Å². The Kier molecular flexibility index (Phi) is 3.52. The summed E-state index contributed by atoms with van der Waals surface area (Å²) in [6, 6.07) is 3.33. The highest BCUT2D eigenvalue weighted by molar-refractivity contribution is 7.84. The number of hydrogen-bond donors (Lipinski definition) is 1. The average molecular weight is 250 g/mol. The summed E-state index contributed by atoms with van der Waals surface area (Å²) >= 11 is 0. The molecule has 9 heteroatoms. The molecule has 1 rings (SSSR count). The first-order valence-electron chi connectivity index (χ1n) is 3.90. The van der Waals surface area contributed by atoms with E-state index in [4.69, 9.17) is 0 Å². The molecule has 16 heavy (non-hydrogen) atoms. The highest BCUT2D eigenvalue weighted by Gasteiger charge is 2.18. The van der Waals surface area contributed by atoms with Crippen LogP contribution in [-0.4, -0.2) is 13.3 Å². The van der Waals surface area contributed by atoms with E-state index in [-0.39, 0.29) is 5.56 Å². The van der Waals surface area contributed by atoms with Crippen LogP contribution in [0.3, 0.4) is 0 Å². The van der Waals surface area contributed by atoms with Gasteiger partial charge >= 0.3 is 16.0 Å². The molecule has 0 saturated heterocycles. The maximum absolute atomic E-state index is 13.3. The summed E-state index contributed by atoms with van der Waals surface area (Å²) < 4.78 is 38.3. The zero-order valence-electron chi connectivity index (χ0n) is 7.79. The maximum atomic E-state index is 13.3. The van der Waals surface area contributed by atoms with Gasteiger partial charge in [-0.3, -0.25) is 14.3 Å². The van der Waals surface area contributed by atoms with Crippen LogP contribution in [0.4, 0.5) is 10.1 Å². The quantitative estimate of drug-likeness (QED) is 0.615. The summed E-state index contributed by atoms with van der Waals surface area (Å²) in [6.45, 7) is -0.688. The van der Waals surface area contributed by atoms with E-state index in [0.29, 0.717) is 0 Å². The molecule has 0 aliphatic heterocycles. The van der Waals surface area contributed by atoms with Crippen molar-refractivity contribution >= 4 is 16.0 Å². The lowest BCUT2D eigenvalue weighted by Gasteiger charge is -2.02. The van der Waals surface area contributed by atoms with Crippen molar-refractivity contribution in [2.24, 2.45) is 5.14 Å². The summed E-state index contributed by atoms with van der Waals surface area (Å²) in [5.41, 5.74) is -1.02. The predicted molar refractivity (Wildman–Crippen MR) is 51.0 cm³/mol. The Balaban J connectivity index is 2.98. The Morgan fingerprint density at radius 2 is 2.12 bits per heavy atom. The van der Waals surface area contributed by atoms with E-state index in [9.17, 15) is 22.9 Å². The number of nitrogens with two attached hydrogens (primary N) is 1. The molecule has 88 valence electrons. The van der Waals surface area contributed by atoms with Gasteiger partial charge in [0, 0.05) is 11.6 Å². The number of nitro groups is 1. The minimum atomic E-state index is -4.21. The maximum Gasteiger partial charge on any atom is 0.333 e.